The highest BCUT2D eigenvalue weighted by Gasteiger charge is 2.21. The summed E-state index contributed by atoms with van der Waals surface area (Å²) in [6.45, 7) is 2.58. The molecule has 1 N–H and O–H groups in total. The highest BCUT2D eigenvalue weighted by atomic mass is 16.5. The lowest BCUT2D eigenvalue weighted by molar-refractivity contribution is 0.334. The molecule has 0 radical (unpaired) electrons. The smallest absolute Gasteiger partial charge is 0.272 e. The second-order valence-electron chi connectivity index (χ2n) is 3.51. The van der Waals surface area contributed by atoms with E-state index in [1.807, 2.05) is 12.1 Å². The van der Waals surface area contributed by atoms with E-state index < -0.39 is 10.9 Å². The third-order valence-electron chi connectivity index (χ3n) is 2.35. The minimum absolute atomic E-state index is 0.140. The summed E-state index contributed by atoms with van der Waals surface area (Å²) in [5.74, 6) is 0.140. The Bertz CT molecular complexity index is 571. The monoisotopic (exact) mass is 232 g/mol. The molecule has 0 aliphatic carbocycles. The molecule has 1 heterocycles. The molecule has 2 aromatic rings. The van der Waals surface area contributed by atoms with Crippen LogP contribution in [0.4, 0.5) is 5.69 Å². The zero-order valence-electron chi connectivity index (χ0n) is 9.40. The Morgan fingerprint density at radius 2 is 2.18 bits per heavy atom. The molecule has 5 nitrogen and oxygen atoms in total. The van der Waals surface area contributed by atoms with Gasteiger partial charge in [-0.05, 0) is 18.6 Å². The molecule has 88 valence electrons. The van der Waals surface area contributed by atoms with Crippen molar-refractivity contribution in [3.05, 3.63) is 50.5 Å². The number of pyridine rings is 1. The summed E-state index contributed by atoms with van der Waals surface area (Å²) in [4.78, 5) is 26.4. The maximum Gasteiger partial charge on any atom is 0.272 e. The van der Waals surface area contributed by atoms with Gasteiger partial charge in [0.2, 0.25) is 0 Å². The van der Waals surface area contributed by atoms with Crippen LogP contribution in [-0.4, -0.2) is 11.6 Å². The predicted octanol–water partition coefficient (Wildman–Crippen LogP) is 0.688. The van der Waals surface area contributed by atoms with Gasteiger partial charge in [0.1, 0.15) is 5.69 Å². The van der Waals surface area contributed by atoms with Crippen molar-refractivity contribution in [2.45, 2.75) is 13.5 Å². The Morgan fingerprint density at radius 3 is 2.82 bits per heavy atom. The van der Waals surface area contributed by atoms with Crippen LogP contribution in [0.2, 0.25) is 0 Å². The molecule has 0 fully saturated rings. The summed E-state index contributed by atoms with van der Waals surface area (Å²) in [7, 11) is 0. The summed E-state index contributed by atoms with van der Waals surface area (Å²) in [5.41, 5.74) is 0.126. The fraction of sp³-hybridized carbons (Fsp3) is 0.250. The summed E-state index contributed by atoms with van der Waals surface area (Å²) >= 11 is 0. The fourth-order valence-corrected chi connectivity index (χ4v) is 1.51. The molecule has 0 bridgehead atoms. The van der Waals surface area contributed by atoms with Crippen molar-refractivity contribution in [2.24, 2.45) is 0 Å². The first-order chi connectivity index (χ1) is 8.24. The number of nitrogens with one attached hydrogen (secondary N) is 1. The average Bonchev–Trinajstić information content (AvgIpc) is 2.38. The van der Waals surface area contributed by atoms with Crippen LogP contribution >= 0.6 is 0 Å². The van der Waals surface area contributed by atoms with Crippen molar-refractivity contribution < 1.29 is 4.74 Å². The minimum Gasteiger partial charge on any atom is -0.488 e. The molecular formula is C12H12N2O3. The van der Waals surface area contributed by atoms with Gasteiger partial charge in [0, 0.05) is 18.9 Å². The molecule has 5 heteroatoms. The number of nitrogens with zero attached hydrogens (tertiary/aromatic N) is 1. The van der Waals surface area contributed by atoms with E-state index in [0.717, 1.165) is 5.56 Å². The first kappa shape index (κ1) is 11.3. The first-order valence-corrected chi connectivity index (χ1v) is 5.33. The zero-order valence-corrected chi connectivity index (χ0v) is 9.40. The van der Waals surface area contributed by atoms with Crippen LogP contribution in [0.15, 0.2) is 34.1 Å². The van der Waals surface area contributed by atoms with Gasteiger partial charge >= 0.3 is 0 Å². The Kier molecular flexibility index (Phi) is 3.18. The number of aromatic nitrogens is 1. The van der Waals surface area contributed by atoms with Gasteiger partial charge in [0.05, 0.1) is 6.61 Å². The van der Waals surface area contributed by atoms with Crippen molar-refractivity contribution in [1.82, 2.24) is 4.98 Å². The number of anilines is 1. The average molecular weight is 232 g/mol. The van der Waals surface area contributed by atoms with Gasteiger partial charge in [-0.15, -0.1) is 0 Å². The van der Waals surface area contributed by atoms with Gasteiger partial charge in [-0.1, -0.05) is 6.07 Å². The maximum absolute atomic E-state index is 11.3. The van der Waals surface area contributed by atoms with Crippen LogP contribution in [0.25, 0.3) is 0 Å². The molecule has 0 spiro atoms. The summed E-state index contributed by atoms with van der Waals surface area (Å²) in [5, 5.41) is 2.89. The summed E-state index contributed by atoms with van der Waals surface area (Å²) in [6, 6.07) is 3.69. The fourth-order valence-electron chi connectivity index (χ4n) is 1.51. The van der Waals surface area contributed by atoms with E-state index in [1.54, 1.807) is 19.3 Å². The second-order valence-corrected chi connectivity index (χ2v) is 3.51. The maximum atomic E-state index is 11.3. The molecule has 1 aromatic carbocycles. The van der Waals surface area contributed by atoms with Crippen LogP contribution in [0.3, 0.4) is 0 Å². The van der Waals surface area contributed by atoms with Crippen LogP contribution in [0.1, 0.15) is 12.5 Å². The van der Waals surface area contributed by atoms with E-state index >= 15 is 0 Å². The zero-order chi connectivity index (χ0) is 12.3. The van der Waals surface area contributed by atoms with Crippen LogP contribution in [-0.2, 0) is 6.54 Å². The van der Waals surface area contributed by atoms with Gasteiger partial charge < -0.3 is 10.1 Å². The molecule has 0 aliphatic rings. The molecular weight excluding hydrogens is 220 g/mol. The van der Waals surface area contributed by atoms with Gasteiger partial charge in [-0.25, -0.2) is 0 Å². The molecule has 0 saturated carbocycles. The van der Waals surface area contributed by atoms with E-state index in [4.69, 9.17) is 4.74 Å². The topological polar surface area (TPSA) is 68.3 Å². The minimum atomic E-state index is -0.555. The Balaban J connectivity index is 2.08. The Morgan fingerprint density at radius 1 is 1.35 bits per heavy atom. The molecule has 0 unspecified atom stereocenters. The summed E-state index contributed by atoms with van der Waals surface area (Å²) in [6.07, 6.45) is 3.37. The van der Waals surface area contributed by atoms with Crippen molar-refractivity contribution in [3.63, 3.8) is 0 Å². The van der Waals surface area contributed by atoms with Gasteiger partial charge in [-0.3, -0.25) is 14.6 Å². The summed E-state index contributed by atoms with van der Waals surface area (Å²) < 4.78 is 5.09. The third kappa shape index (κ3) is 2.18. The molecule has 0 aliphatic heterocycles. The molecule has 17 heavy (non-hydrogen) atoms. The SMILES string of the molecule is CCOc1c(NCc2cccnc2)c(=O)c1=O. The molecule has 0 atom stereocenters. The lowest BCUT2D eigenvalue weighted by Crippen LogP contribution is -2.35. The Hall–Kier alpha value is -2.17. The second kappa shape index (κ2) is 4.78. The highest BCUT2D eigenvalue weighted by Crippen LogP contribution is 2.17. The van der Waals surface area contributed by atoms with Gasteiger partial charge in [0.25, 0.3) is 10.9 Å². The van der Waals surface area contributed by atoms with Crippen LogP contribution < -0.4 is 20.9 Å². The lowest BCUT2D eigenvalue weighted by atomic mass is 10.2. The predicted molar refractivity (Wildman–Crippen MR) is 64.1 cm³/mol. The number of hydrogen-bond donors (Lipinski definition) is 1. The molecule has 2 rings (SSSR count). The normalized spacial score (nSPS) is 10.4. The third-order valence-corrected chi connectivity index (χ3v) is 2.35. The van der Waals surface area contributed by atoms with E-state index in [2.05, 4.69) is 10.3 Å². The molecule has 0 amide bonds. The largest absolute Gasteiger partial charge is 0.488 e. The van der Waals surface area contributed by atoms with Crippen molar-refractivity contribution in [1.29, 1.82) is 0 Å². The Labute approximate surface area is 97.8 Å². The lowest BCUT2D eigenvalue weighted by Gasteiger charge is -2.12. The highest BCUT2D eigenvalue weighted by molar-refractivity contribution is 5.61. The van der Waals surface area contributed by atoms with Crippen molar-refractivity contribution in [2.75, 3.05) is 11.9 Å². The van der Waals surface area contributed by atoms with Crippen LogP contribution in [0.5, 0.6) is 5.75 Å². The first-order valence-electron chi connectivity index (χ1n) is 5.33. The van der Waals surface area contributed by atoms with E-state index in [-0.39, 0.29) is 11.4 Å². The molecule has 0 saturated heterocycles. The van der Waals surface area contributed by atoms with E-state index in [0.29, 0.717) is 13.2 Å². The standard InChI is InChI=1S/C12H12N2O3/c1-2-17-12-9(10(15)11(12)16)14-7-8-4-3-5-13-6-8/h3-6,14H,2,7H2,1H3. The molecule has 1 aromatic heterocycles. The number of ether oxygens (including phenoxy) is 1. The quantitative estimate of drug-likeness (QED) is 0.768. The van der Waals surface area contributed by atoms with Crippen molar-refractivity contribution >= 4 is 5.69 Å². The number of hydrogen-bond acceptors (Lipinski definition) is 5. The number of rotatable bonds is 5. The van der Waals surface area contributed by atoms with E-state index in [1.165, 1.54) is 0 Å². The van der Waals surface area contributed by atoms with Gasteiger partial charge in [0.15, 0.2) is 5.75 Å². The van der Waals surface area contributed by atoms with Crippen LogP contribution in [0, 0.1) is 0 Å². The van der Waals surface area contributed by atoms with E-state index in [9.17, 15) is 9.59 Å². The van der Waals surface area contributed by atoms with Gasteiger partial charge in [-0.2, -0.15) is 0 Å². The van der Waals surface area contributed by atoms with Crippen molar-refractivity contribution in [3.8, 4) is 5.75 Å².